The summed E-state index contributed by atoms with van der Waals surface area (Å²) in [5.74, 6) is 0.163. The standard InChI is InChI=1S/C20H19ClN2O4/c1-12-17(19(24)27-3)18(13-4-6-14(21)7-5-13)22-20(25)23(12)15-8-10-16(26-2)11-9-15/h4-11,18H,1-3H3,(H,22,25)/t18-/m0/s1. The number of methoxy groups -OCH3 is 2. The first-order chi connectivity index (χ1) is 13.0. The van der Waals surface area contributed by atoms with Crippen LogP contribution in [0.3, 0.4) is 0 Å². The smallest absolute Gasteiger partial charge is 0.337 e. The Balaban J connectivity index is 2.09. The highest BCUT2D eigenvalue weighted by atomic mass is 35.5. The summed E-state index contributed by atoms with van der Waals surface area (Å²) in [5.41, 5.74) is 2.20. The first-order valence-corrected chi connectivity index (χ1v) is 8.63. The Labute approximate surface area is 162 Å². The van der Waals surface area contributed by atoms with Crippen molar-refractivity contribution in [1.82, 2.24) is 5.32 Å². The molecule has 0 saturated carbocycles. The molecule has 3 rings (SSSR count). The summed E-state index contributed by atoms with van der Waals surface area (Å²) in [7, 11) is 2.88. The summed E-state index contributed by atoms with van der Waals surface area (Å²) in [5, 5.41) is 3.45. The minimum atomic E-state index is -0.628. The molecule has 2 aromatic rings. The first kappa shape index (κ1) is 18.8. The molecule has 1 heterocycles. The Morgan fingerprint density at radius 3 is 2.26 bits per heavy atom. The fraction of sp³-hybridized carbons (Fsp3) is 0.200. The van der Waals surface area contributed by atoms with Gasteiger partial charge in [0.15, 0.2) is 0 Å². The fourth-order valence-corrected chi connectivity index (χ4v) is 3.19. The second kappa shape index (κ2) is 7.72. The molecule has 1 aliphatic heterocycles. The van der Waals surface area contributed by atoms with Gasteiger partial charge in [-0.25, -0.2) is 9.59 Å². The lowest BCUT2D eigenvalue weighted by Gasteiger charge is -2.35. The third kappa shape index (κ3) is 3.61. The topological polar surface area (TPSA) is 67.9 Å². The summed E-state index contributed by atoms with van der Waals surface area (Å²) < 4.78 is 10.1. The minimum absolute atomic E-state index is 0.342. The van der Waals surface area contributed by atoms with Crippen LogP contribution in [0, 0.1) is 0 Å². The number of hydrogen-bond donors (Lipinski definition) is 1. The molecule has 140 valence electrons. The second-order valence-corrected chi connectivity index (χ2v) is 6.39. The molecule has 0 aromatic heterocycles. The van der Waals surface area contributed by atoms with Crippen molar-refractivity contribution in [2.45, 2.75) is 13.0 Å². The van der Waals surface area contributed by atoms with Crippen LogP contribution in [-0.4, -0.2) is 26.2 Å². The van der Waals surface area contributed by atoms with Crippen LogP contribution in [0.2, 0.25) is 5.02 Å². The summed E-state index contributed by atoms with van der Waals surface area (Å²) in [4.78, 5) is 26.8. The zero-order valence-corrected chi connectivity index (χ0v) is 15.9. The van der Waals surface area contributed by atoms with Crippen LogP contribution in [-0.2, 0) is 9.53 Å². The Morgan fingerprint density at radius 1 is 1.07 bits per heavy atom. The van der Waals surface area contributed by atoms with E-state index in [0.717, 1.165) is 5.56 Å². The van der Waals surface area contributed by atoms with E-state index in [2.05, 4.69) is 5.32 Å². The van der Waals surface area contributed by atoms with Crippen molar-refractivity contribution < 1.29 is 19.1 Å². The van der Waals surface area contributed by atoms with Gasteiger partial charge in [-0.2, -0.15) is 0 Å². The molecule has 0 aliphatic carbocycles. The van der Waals surface area contributed by atoms with Gasteiger partial charge in [0.2, 0.25) is 0 Å². The van der Waals surface area contributed by atoms with Crippen LogP contribution in [0.25, 0.3) is 0 Å². The van der Waals surface area contributed by atoms with Crippen molar-refractivity contribution in [3.63, 3.8) is 0 Å². The molecule has 2 aromatic carbocycles. The molecule has 0 radical (unpaired) electrons. The van der Waals surface area contributed by atoms with Crippen LogP contribution >= 0.6 is 11.6 Å². The SMILES string of the molecule is COC(=O)C1=C(C)N(c2ccc(OC)cc2)C(=O)N[C@H]1c1ccc(Cl)cc1. The van der Waals surface area contributed by atoms with Gasteiger partial charge in [0, 0.05) is 10.7 Å². The van der Waals surface area contributed by atoms with E-state index < -0.39 is 12.0 Å². The molecule has 1 aliphatic rings. The molecule has 1 N–H and O–H groups in total. The van der Waals surface area contributed by atoms with E-state index in [4.69, 9.17) is 21.1 Å². The lowest BCUT2D eigenvalue weighted by atomic mass is 9.94. The molecule has 2 amide bonds. The maximum atomic E-state index is 12.8. The lowest BCUT2D eigenvalue weighted by Crippen LogP contribution is -2.48. The number of nitrogens with zero attached hydrogens (tertiary/aromatic N) is 1. The molecule has 0 spiro atoms. The predicted molar refractivity (Wildman–Crippen MR) is 103 cm³/mol. The number of rotatable bonds is 4. The lowest BCUT2D eigenvalue weighted by molar-refractivity contribution is -0.136. The number of urea groups is 1. The second-order valence-electron chi connectivity index (χ2n) is 5.96. The number of allylic oxidation sites excluding steroid dienone is 1. The van der Waals surface area contributed by atoms with Crippen LogP contribution in [0.5, 0.6) is 5.75 Å². The fourth-order valence-electron chi connectivity index (χ4n) is 3.06. The van der Waals surface area contributed by atoms with Crippen LogP contribution in [0.1, 0.15) is 18.5 Å². The molecule has 7 heteroatoms. The monoisotopic (exact) mass is 386 g/mol. The molecule has 0 fully saturated rings. The number of anilines is 1. The van der Waals surface area contributed by atoms with Crippen molar-refractivity contribution in [2.75, 3.05) is 19.1 Å². The van der Waals surface area contributed by atoms with Crippen molar-refractivity contribution >= 4 is 29.3 Å². The Hall–Kier alpha value is -2.99. The number of amides is 2. The Kier molecular flexibility index (Phi) is 5.37. The molecular formula is C20H19ClN2O4. The number of ether oxygens (including phenoxy) is 2. The van der Waals surface area contributed by atoms with Crippen LogP contribution in [0.15, 0.2) is 59.8 Å². The van der Waals surface area contributed by atoms with Gasteiger partial charge in [-0.3, -0.25) is 4.90 Å². The van der Waals surface area contributed by atoms with Gasteiger partial charge in [0.05, 0.1) is 31.5 Å². The number of benzene rings is 2. The highest BCUT2D eigenvalue weighted by Gasteiger charge is 2.36. The molecule has 0 unspecified atom stereocenters. The van der Waals surface area contributed by atoms with Crippen molar-refractivity contribution in [3.05, 3.63) is 70.4 Å². The quantitative estimate of drug-likeness (QED) is 0.804. The summed E-state index contributed by atoms with van der Waals surface area (Å²) in [6.07, 6.45) is 0. The Bertz CT molecular complexity index is 891. The number of nitrogens with one attached hydrogen (secondary N) is 1. The predicted octanol–water partition coefficient (Wildman–Crippen LogP) is 4.07. The van der Waals surface area contributed by atoms with E-state index in [9.17, 15) is 9.59 Å². The van der Waals surface area contributed by atoms with E-state index in [0.29, 0.717) is 27.7 Å². The van der Waals surface area contributed by atoms with Gasteiger partial charge in [-0.15, -0.1) is 0 Å². The van der Waals surface area contributed by atoms with Gasteiger partial charge < -0.3 is 14.8 Å². The number of hydrogen-bond acceptors (Lipinski definition) is 4. The number of halogens is 1. The average molecular weight is 387 g/mol. The molecule has 27 heavy (non-hydrogen) atoms. The summed E-state index contributed by atoms with van der Waals surface area (Å²) >= 11 is 5.95. The number of carbonyl (C=O) groups excluding carboxylic acids is 2. The molecular weight excluding hydrogens is 368 g/mol. The van der Waals surface area contributed by atoms with Gasteiger partial charge >= 0.3 is 12.0 Å². The summed E-state index contributed by atoms with van der Waals surface area (Å²) in [6.45, 7) is 1.72. The molecule has 0 saturated heterocycles. The number of esters is 1. The van der Waals surface area contributed by atoms with E-state index >= 15 is 0 Å². The normalized spacial score (nSPS) is 16.8. The highest BCUT2D eigenvalue weighted by Crippen LogP contribution is 2.34. The third-order valence-electron chi connectivity index (χ3n) is 4.42. The maximum absolute atomic E-state index is 12.8. The minimum Gasteiger partial charge on any atom is -0.497 e. The maximum Gasteiger partial charge on any atom is 0.337 e. The van der Waals surface area contributed by atoms with Crippen molar-refractivity contribution in [2.24, 2.45) is 0 Å². The van der Waals surface area contributed by atoms with E-state index in [1.807, 2.05) is 0 Å². The van der Waals surface area contributed by atoms with Crippen LogP contribution < -0.4 is 15.0 Å². The number of carbonyl (C=O) groups is 2. The first-order valence-electron chi connectivity index (χ1n) is 8.25. The highest BCUT2D eigenvalue weighted by molar-refractivity contribution is 6.30. The van der Waals surface area contributed by atoms with Gasteiger partial charge in [0.25, 0.3) is 0 Å². The van der Waals surface area contributed by atoms with Crippen molar-refractivity contribution in [1.29, 1.82) is 0 Å². The van der Waals surface area contributed by atoms with Crippen molar-refractivity contribution in [3.8, 4) is 5.75 Å². The van der Waals surface area contributed by atoms with E-state index in [1.54, 1.807) is 62.6 Å². The van der Waals surface area contributed by atoms with E-state index in [1.165, 1.54) is 12.0 Å². The Morgan fingerprint density at radius 2 is 1.70 bits per heavy atom. The third-order valence-corrected chi connectivity index (χ3v) is 4.68. The summed E-state index contributed by atoms with van der Waals surface area (Å²) in [6, 6.07) is 13.0. The zero-order chi connectivity index (χ0) is 19.6. The zero-order valence-electron chi connectivity index (χ0n) is 15.2. The van der Waals surface area contributed by atoms with Gasteiger partial charge in [0.1, 0.15) is 5.75 Å². The molecule has 0 bridgehead atoms. The largest absolute Gasteiger partial charge is 0.497 e. The van der Waals surface area contributed by atoms with E-state index in [-0.39, 0.29) is 6.03 Å². The van der Waals surface area contributed by atoms with Crippen LogP contribution in [0.4, 0.5) is 10.5 Å². The van der Waals surface area contributed by atoms with Gasteiger partial charge in [-0.1, -0.05) is 23.7 Å². The molecule has 6 nitrogen and oxygen atoms in total. The molecule has 1 atom stereocenters. The average Bonchev–Trinajstić information content (AvgIpc) is 2.68. The van der Waals surface area contributed by atoms with Gasteiger partial charge in [-0.05, 0) is 48.9 Å².